The summed E-state index contributed by atoms with van der Waals surface area (Å²) in [5.74, 6) is 0.765. The molecule has 2 heterocycles. The topological polar surface area (TPSA) is 49.9 Å². The van der Waals surface area contributed by atoms with Crippen molar-refractivity contribution in [1.82, 2.24) is 9.21 Å². The quantitative estimate of drug-likeness (QED) is 0.843. The second-order valence-electron chi connectivity index (χ2n) is 6.29. The maximum Gasteiger partial charge on any atom is 0.243 e. The third-order valence-corrected chi connectivity index (χ3v) is 6.36. The Hall–Kier alpha value is -0.950. The zero-order valence-electron chi connectivity index (χ0n) is 13.1. The minimum atomic E-state index is -3.38. The second-order valence-corrected chi connectivity index (χ2v) is 8.23. The highest BCUT2D eigenvalue weighted by Crippen LogP contribution is 2.20. The first-order valence-corrected chi connectivity index (χ1v) is 9.39. The highest BCUT2D eigenvalue weighted by molar-refractivity contribution is 7.89. The fourth-order valence-corrected chi connectivity index (χ4v) is 4.54. The largest absolute Gasteiger partial charge is 0.379 e. The number of benzene rings is 1. The predicted molar refractivity (Wildman–Crippen MR) is 85.1 cm³/mol. The number of ether oxygens (including phenoxy) is 1. The molecule has 2 fully saturated rings. The van der Waals surface area contributed by atoms with Gasteiger partial charge in [0.1, 0.15) is 0 Å². The third-order valence-electron chi connectivity index (χ3n) is 4.45. The van der Waals surface area contributed by atoms with Crippen LogP contribution in [0.2, 0.25) is 0 Å². The van der Waals surface area contributed by atoms with Crippen LogP contribution in [0.3, 0.4) is 0 Å². The second kappa shape index (κ2) is 6.66. The molecule has 0 radical (unpaired) electrons. The highest BCUT2D eigenvalue weighted by atomic mass is 32.2. The van der Waals surface area contributed by atoms with Crippen LogP contribution < -0.4 is 0 Å². The molecule has 0 aliphatic carbocycles. The molecule has 5 nitrogen and oxygen atoms in total. The smallest absolute Gasteiger partial charge is 0.243 e. The molecule has 2 aliphatic rings. The normalized spacial score (nSPS) is 24.7. The van der Waals surface area contributed by atoms with Gasteiger partial charge in [-0.2, -0.15) is 4.31 Å². The molecule has 0 amide bonds. The molecule has 122 valence electrons. The van der Waals surface area contributed by atoms with E-state index in [2.05, 4.69) is 11.8 Å². The van der Waals surface area contributed by atoms with Gasteiger partial charge in [0.2, 0.25) is 10.0 Å². The first-order chi connectivity index (χ1) is 10.6. The Balaban J connectivity index is 1.68. The van der Waals surface area contributed by atoms with E-state index in [9.17, 15) is 8.42 Å². The molecule has 2 saturated heterocycles. The van der Waals surface area contributed by atoms with E-state index in [0.717, 1.165) is 25.6 Å². The number of nitrogens with zero attached hydrogens (tertiary/aromatic N) is 2. The van der Waals surface area contributed by atoms with Gasteiger partial charge in [0, 0.05) is 26.2 Å². The van der Waals surface area contributed by atoms with E-state index in [1.165, 1.54) is 16.3 Å². The molecule has 0 N–H and O–H groups in total. The van der Waals surface area contributed by atoms with Gasteiger partial charge in [0.05, 0.1) is 18.1 Å². The van der Waals surface area contributed by atoms with Crippen LogP contribution in [0.25, 0.3) is 0 Å². The van der Waals surface area contributed by atoms with Gasteiger partial charge < -0.3 is 4.74 Å². The zero-order valence-corrected chi connectivity index (χ0v) is 13.9. The summed E-state index contributed by atoms with van der Waals surface area (Å²) in [5.41, 5.74) is 1.18. The highest BCUT2D eigenvalue weighted by Gasteiger charge is 2.26. The molecule has 0 spiro atoms. The van der Waals surface area contributed by atoms with Gasteiger partial charge >= 0.3 is 0 Å². The first-order valence-electron chi connectivity index (χ1n) is 7.95. The van der Waals surface area contributed by atoms with Gasteiger partial charge in [-0.1, -0.05) is 19.1 Å². The van der Waals surface area contributed by atoms with Crippen molar-refractivity contribution in [3.63, 3.8) is 0 Å². The lowest BCUT2D eigenvalue weighted by Gasteiger charge is -2.26. The van der Waals surface area contributed by atoms with Crippen LogP contribution in [-0.4, -0.2) is 57.0 Å². The van der Waals surface area contributed by atoms with Crippen molar-refractivity contribution in [2.75, 3.05) is 39.4 Å². The Morgan fingerprint density at radius 2 is 1.82 bits per heavy atom. The summed E-state index contributed by atoms with van der Waals surface area (Å²) in [6, 6.07) is 7.35. The summed E-state index contributed by atoms with van der Waals surface area (Å²) >= 11 is 0. The van der Waals surface area contributed by atoms with Crippen molar-refractivity contribution in [2.24, 2.45) is 5.92 Å². The van der Waals surface area contributed by atoms with Crippen molar-refractivity contribution >= 4 is 10.0 Å². The molecule has 0 saturated carbocycles. The van der Waals surface area contributed by atoms with Gasteiger partial charge in [-0.15, -0.1) is 0 Å². The standard InChI is InChI=1S/C16H24N2O3S/c1-14-6-7-17(12-14)13-15-2-4-16(5-3-15)22(19,20)18-8-10-21-11-9-18/h2-5,14H,6-13H2,1H3. The SMILES string of the molecule is CC1CCN(Cc2ccc(S(=O)(=O)N3CCOCC3)cc2)C1. The van der Waals surface area contributed by atoms with Crippen LogP contribution in [0.5, 0.6) is 0 Å². The lowest BCUT2D eigenvalue weighted by Crippen LogP contribution is -2.40. The Kier molecular flexibility index (Phi) is 4.82. The Bertz CT molecular complexity index is 594. The summed E-state index contributed by atoms with van der Waals surface area (Å²) < 4.78 is 31.8. The first kappa shape index (κ1) is 15.9. The molecule has 1 aromatic carbocycles. The molecule has 1 atom stereocenters. The summed E-state index contributed by atoms with van der Waals surface area (Å²) in [6.07, 6.45) is 1.25. The molecule has 0 aromatic heterocycles. The number of rotatable bonds is 4. The average Bonchev–Trinajstić information content (AvgIpc) is 2.94. The average molecular weight is 324 g/mol. The maximum absolute atomic E-state index is 12.5. The van der Waals surface area contributed by atoms with E-state index in [-0.39, 0.29) is 0 Å². The number of hydrogen-bond acceptors (Lipinski definition) is 4. The lowest BCUT2D eigenvalue weighted by atomic mass is 10.2. The molecule has 6 heteroatoms. The van der Waals surface area contributed by atoms with Gasteiger partial charge in [-0.3, -0.25) is 4.90 Å². The van der Waals surface area contributed by atoms with Gasteiger partial charge in [-0.25, -0.2) is 8.42 Å². The zero-order chi connectivity index (χ0) is 15.6. The van der Waals surface area contributed by atoms with E-state index >= 15 is 0 Å². The van der Waals surface area contributed by atoms with Crippen molar-refractivity contribution in [1.29, 1.82) is 0 Å². The Morgan fingerprint density at radius 3 is 2.41 bits per heavy atom. The summed E-state index contributed by atoms with van der Waals surface area (Å²) in [6.45, 7) is 7.28. The minimum absolute atomic E-state index is 0.382. The maximum atomic E-state index is 12.5. The number of likely N-dealkylation sites (tertiary alicyclic amines) is 1. The summed E-state index contributed by atoms with van der Waals surface area (Å²) in [5, 5.41) is 0. The summed E-state index contributed by atoms with van der Waals surface area (Å²) in [4.78, 5) is 2.81. The van der Waals surface area contributed by atoms with E-state index in [4.69, 9.17) is 4.74 Å². The van der Waals surface area contributed by atoms with Gasteiger partial charge in [0.15, 0.2) is 0 Å². The third kappa shape index (κ3) is 3.51. The molecule has 1 aromatic rings. The minimum Gasteiger partial charge on any atom is -0.379 e. The van der Waals surface area contributed by atoms with Crippen LogP contribution in [0, 0.1) is 5.92 Å². The van der Waals surface area contributed by atoms with Crippen LogP contribution in [0.4, 0.5) is 0 Å². The van der Waals surface area contributed by atoms with Crippen LogP contribution in [0.1, 0.15) is 18.9 Å². The van der Waals surface area contributed by atoms with E-state index in [1.54, 1.807) is 12.1 Å². The molecule has 0 bridgehead atoms. The molecule has 2 aliphatic heterocycles. The molecule has 3 rings (SSSR count). The Morgan fingerprint density at radius 1 is 1.14 bits per heavy atom. The molecular weight excluding hydrogens is 300 g/mol. The van der Waals surface area contributed by atoms with Crippen LogP contribution >= 0.6 is 0 Å². The van der Waals surface area contributed by atoms with Crippen molar-refractivity contribution in [3.8, 4) is 0 Å². The fraction of sp³-hybridized carbons (Fsp3) is 0.625. The van der Waals surface area contributed by atoms with Crippen LogP contribution in [-0.2, 0) is 21.3 Å². The predicted octanol–water partition coefficient (Wildman–Crippen LogP) is 1.55. The van der Waals surface area contributed by atoms with E-state index in [1.807, 2.05) is 12.1 Å². The lowest BCUT2D eigenvalue weighted by molar-refractivity contribution is 0.0730. The number of hydrogen-bond donors (Lipinski definition) is 0. The van der Waals surface area contributed by atoms with Gasteiger partial charge in [-0.05, 0) is 36.6 Å². The molecular formula is C16H24N2O3S. The van der Waals surface area contributed by atoms with Crippen molar-refractivity contribution < 1.29 is 13.2 Å². The number of morpholine rings is 1. The molecule has 1 unspecified atom stereocenters. The van der Waals surface area contributed by atoms with Crippen molar-refractivity contribution in [2.45, 2.75) is 24.8 Å². The van der Waals surface area contributed by atoms with Crippen molar-refractivity contribution in [3.05, 3.63) is 29.8 Å². The number of sulfonamides is 1. The molecule has 22 heavy (non-hydrogen) atoms. The summed E-state index contributed by atoms with van der Waals surface area (Å²) in [7, 11) is -3.38. The van der Waals surface area contributed by atoms with Gasteiger partial charge in [0.25, 0.3) is 0 Å². The fourth-order valence-electron chi connectivity index (χ4n) is 3.13. The van der Waals surface area contributed by atoms with E-state index in [0.29, 0.717) is 31.2 Å². The van der Waals surface area contributed by atoms with Crippen LogP contribution in [0.15, 0.2) is 29.2 Å². The monoisotopic (exact) mass is 324 g/mol. The van der Waals surface area contributed by atoms with E-state index < -0.39 is 10.0 Å². The Labute approximate surface area is 132 Å².